The summed E-state index contributed by atoms with van der Waals surface area (Å²) >= 11 is 1.18. The van der Waals surface area contributed by atoms with Gasteiger partial charge in [0.15, 0.2) is 5.17 Å². The van der Waals surface area contributed by atoms with Gasteiger partial charge in [-0.2, -0.15) is 10.1 Å². The van der Waals surface area contributed by atoms with Crippen LogP contribution in [-0.2, 0) is 9.59 Å². The normalized spacial score (nSPS) is 19.3. The van der Waals surface area contributed by atoms with E-state index in [4.69, 9.17) is 5.10 Å². The van der Waals surface area contributed by atoms with E-state index in [1.54, 1.807) is 29.3 Å². The van der Waals surface area contributed by atoms with Crippen LogP contribution in [0.1, 0.15) is 35.6 Å². The molecule has 2 heterocycles. The van der Waals surface area contributed by atoms with Crippen LogP contribution in [0, 0.1) is 18.6 Å². The molecule has 2 aliphatic heterocycles. The van der Waals surface area contributed by atoms with Crippen LogP contribution in [0.25, 0.3) is 0 Å². The average Bonchev–Trinajstić information content (AvgIpc) is 3.45. The predicted octanol–water partition coefficient (Wildman–Crippen LogP) is 5.45. The van der Waals surface area contributed by atoms with Gasteiger partial charge in [0.25, 0.3) is 5.91 Å². The molecule has 5 rings (SSSR count). The van der Waals surface area contributed by atoms with E-state index in [1.807, 2.05) is 31.2 Å². The first-order valence-corrected chi connectivity index (χ1v) is 12.3. The summed E-state index contributed by atoms with van der Waals surface area (Å²) in [5.74, 6) is -1.40. The third-order valence-electron chi connectivity index (χ3n) is 5.97. The number of amides is 2. The number of thioether (sulfide) groups is 1. The van der Waals surface area contributed by atoms with Gasteiger partial charge in [-0.3, -0.25) is 9.59 Å². The monoisotopic (exact) mass is 504 g/mol. The molecule has 0 saturated heterocycles. The molecule has 2 atom stereocenters. The minimum atomic E-state index is -0.676. The summed E-state index contributed by atoms with van der Waals surface area (Å²) in [6.07, 6.45) is 0.428. The SMILES string of the molecule is Cc1ccc(NC(=O)C[C@H]2SC(N3N=C(c4ccc(F)cc4)C[C@H]3c3ccc(F)cc3)=NC2=O)cc1. The van der Waals surface area contributed by atoms with Crippen molar-refractivity contribution in [3.8, 4) is 0 Å². The summed E-state index contributed by atoms with van der Waals surface area (Å²) < 4.78 is 27.0. The van der Waals surface area contributed by atoms with Gasteiger partial charge in [0, 0.05) is 18.5 Å². The molecule has 0 unspecified atom stereocenters. The number of aliphatic imine (C=N–C) groups is 1. The number of nitrogens with one attached hydrogen (secondary N) is 1. The molecule has 1 N–H and O–H groups in total. The Morgan fingerprint density at radius 3 is 2.31 bits per heavy atom. The Kier molecular flexibility index (Phi) is 6.65. The van der Waals surface area contributed by atoms with E-state index in [0.717, 1.165) is 16.7 Å². The Bertz CT molecular complexity index is 1360. The Balaban J connectivity index is 1.35. The van der Waals surface area contributed by atoms with E-state index in [1.165, 1.54) is 36.0 Å². The van der Waals surface area contributed by atoms with Gasteiger partial charge in [-0.1, -0.05) is 53.7 Å². The Labute approximate surface area is 211 Å². The number of halogens is 2. The lowest BCUT2D eigenvalue weighted by molar-refractivity contribution is -0.121. The maximum atomic E-state index is 13.6. The fourth-order valence-electron chi connectivity index (χ4n) is 4.07. The van der Waals surface area contributed by atoms with Crippen molar-refractivity contribution in [3.63, 3.8) is 0 Å². The van der Waals surface area contributed by atoms with Crippen LogP contribution in [-0.4, -0.2) is 33.0 Å². The van der Waals surface area contributed by atoms with E-state index in [0.29, 0.717) is 23.0 Å². The van der Waals surface area contributed by atoms with Crippen molar-refractivity contribution < 1.29 is 18.4 Å². The first-order valence-electron chi connectivity index (χ1n) is 11.4. The Hall–Kier alpha value is -3.85. The first kappa shape index (κ1) is 23.9. The fourth-order valence-corrected chi connectivity index (χ4v) is 5.13. The molecule has 0 fully saturated rings. The lowest BCUT2D eigenvalue weighted by atomic mass is 9.98. The van der Waals surface area contributed by atoms with Gasteiger partial charge < -0.3 is 5.32 Å². The van der Waals surface area contributed by atoms with Crippen molar-refractivity contribution in [2.24, 2.45) is 10.1 Å². The second-order valence-electron chi connectivity index (χ2n) is 8.63. The number of hydrogen-bond donors (Lipinski definition) is 1. The van der Waals surface area contributed by atoms with Gasteiger partial charge in [-0.05, 0) is 54.4 Å². The van der Waals surface area contributed by atoms with Crippen LogP contribution in [0.3, 0.4) is 0 Å². The molecule has 0 radical (unpaired) electrons. The number of aryl methyl sites for hydroxylation is 1. The minimum absolute atomic E-state index is 0.0338. The summed E-state index contributed by atoms with van der Waals surface area (Å²) in [5, 5.41) is 8.86. The number of amidine groups is 1. The number of benzene rings is 3. The number of hydrazone groups is 1. The Morgan fingerprint density at radius 1 is 1.00 bits per heavy atom. The average molecular weight is 505 g/mol. The summed E-state index contributed by atoms with van der Waals surface area (Å²) in [6.45, 7) is 1.96. The zero-order chi connectivity index (χ0) is 25.2. The summed E-state index contributed by atoms with van der Waals surface area (Å²) in [7, 11) is 0. The zero-order valence-electron chi connectivity index (χ0n) is 19.3. The van der Waals surface area contributed by atoms with Gasteiger partial charge in [-0.25, -0.2) is 13.8 Å². The van der Waals surface area contributed by atoms with E-state index in [-0.39, 0.29) is 30.0 Å². The zero-order valence-corrected chi connectivity index (χ0v) is 20.1. The number of hydrogen-bond acceptors (Lipinski definition) is 5. The maximum Gasteiger partial charge on any atom is 0.262 e. The van der Waals surface area contributed by atoms with Crippen LogP contribution < -0.4 is 5.32 Å². The topological polar surface area (TPSA) is 74.1 Å². The molecule has 6 nitrogen and oxygen atoms in total. The molecule has 182 valence electrons. The van der Waals surface area contributed by atoms with Crippen molar-refractivity contribution in [2.45, 2.75) is 31.1 Å². The molecule has 0 spiro atoms. The van der Waals surface area contributed by atoms with Crippen LogP contribution in [0.2, 0.25) is 0 Å². The molecule has 0 aliphatic carbocycles. The quantitative estimate of drug-likeness (QED) is 0.501. The number of nitrogens with zero attached hydrogens (tertiary/aromatic N) is 3. The molecular weight excluding hydrogens is 482 g/mol. The van der Waals surface area contributed by atoms with Crippen LogP contribution in [0.4, 0.5) is 14.5 Å². The molecule has 0 saturated carbocycles. The highest BCUT2D eigenvalue weighted by atomic mass is 32.2. The van der Waals surface area contributed by atoms with E-state index in [9.17, 15) is 18.4 Å². The highest BCUT2D eigenvalue weighted by Gasteiger charge is 2.39. The van der Waals surface area contributed by atoms with E-state index >= 15 is 0 Å². The molecule has 0 aromatic heterocycles. The van der Waals surface area contributed by atoms with Crippen LogP contribution in [0.5, 0.6) is 0 Å². The van der Waals surface area contributed by atoms with Gasteiger partial charge in [0.05, 0.1) is 11.8 Å². The molecule has 2 aliphatic rings. The molecule has 3 aromatic carbocycles. The number of anilines is 1. The van der Waals surface area contributed by atoms with Gasteiger partial charge in [0.2, 0.25) is 5.91 Å². The van der Waals surface area contributed by atoms with Crippen LogP contribution in [0.15, 0.2) is 82.9 Å². The fraction of sp³-hybridized carbons (Fsp3) is 0.185. The molecular formula is C27H22F2N4O2S. The molecule has 36 heavy (non-hydrogen) atoms. The standard InChI is InChI=1S/C27H22F2N4O2S/c1-16-2-12-21(13-3-16)30-25(34)15-24-26(35)31-27(36-24)33-23(18-6-10-20(29)11-7-18)14-22(32-33)17-4-8-19(28)9-5-17/h2-13,23-24H,14-15H2,1H3,(H,30,34)/t23-,24+/m0/s1. The third-order valence-corrected chi connectivity index (χ3v) is 7.12. The van der Waals surface area contributed by atoms with Gasteiger partial charge in [0.1, 0.15) is 16.9 Å². The smallest absolute Gasteiger partial charge is 0.262 e. The van der Waals surface area contributed by atoms with Crippen molar-refractivity contribution in [1.29, 1.82) is 0 Å². The highest BCUT2D eigenvalue weighted by molar-refractivity contribution is 8.15. The summed E-state index contributed by atoms with van der Waals surface area (Å²) in [6, 6.07) is 19.2. The third kappa shape index (κ3) is 5.21. The van der Waals surface area contributed by atoms with Crippen molar-refractivity contribution in [1.82, 2.24) is 5.01 Å². The molecule has 2 amide bonds. The number of rotatable bonds is 5. The van der Waals surface area contributed by atoms with Crippen molar-refractivity contribution in [3.05, 3.63) is 101 Å². The molecule has 9 heteroatoms. The van der Waals surface area contributed by atoms with Crippen molar-refractivity contribution >= 4 is 40.1 Å². The molecule has 0 bridgehead atoms. The summed E-state index contributed by atoms with van der Waals surface area (Å²) in [5.41, 5.74) is 3.98. The van der Waals surface area contributed by atoms with E-state index in [2.05, 4.69) is 10.3 Å². The lowest BCUT2D eigenvalue weighted by Gasteiger charge is -2.23. The number of carbonyl (C=O) groups excluding carboxylic acids is 2. The second-order valence-corrected chi connectivity index (χ2v) is 9.80. The Morgan fingerprint density at radius 2 is 1.64 bits per heavy atom. The lowest BCUT2D eigenvalue weighted by Crippen LogP contribution is -2.25. The van der Waals surface area contributed by atoms with E-state index < -0.39 is 11.2 Å². The maximum absolute atomic E-state index is 13.6. The highest BCUT2D eigenvalue weighted by Crippen LogP contribution is 2.38. The number of carbonyl (C=O) groups is 2. The predicted molar refractivity (Wildman–Crippen MR) is 137 cm³/mol. The van der Waals surface area contributed by atoms with Crippen LogP contribution >= 0.6 is 11.8 Å². The minimum Gasteiger partial charge on any atom is -0.326 e. The largest absolute Gasteiger partial charge is 0.326 e. The van der Waals surface area contributed by atoms with Crippen molar-refractivity contribution in [2.75, 3.05) is 5.32 Å². The first-order chi connectivity index (χ1) is 17.4. The molecule has 3 aromatic rings. The van der Waals surface area contributed by atoms with Gasteiger partial charge in [-0.15, -0.1) is 0 Å². The second kappa shape index (κ2) is 10.0. The van der Waals surface area contributed by atoms with Gasteiger partial charge >= 0.3 is 0 Å². The summed E-state index contributed by atoms with van der Waals surface area (Å²) in [4.78, 5) is 29.5.